The summed E-state index contributed by atoms with van der Waals surface area (Å²) in [6.45, 7) is 4.51. The van der Waals surface area contributed by atoms with Crippen LogP contribution in [0.25, 0.3) is 0 Å². The Morgan fingerprint density at radius 2 is 1.90 bits per heavy atom. The zero-order valence-corrected chi connectivity index (χ0v) is 17.7. The summed E-state index contributed by atoms with van der Waals surface area (Å²) in [6.07, 6.45) is 0. The van der Waals surface area contributed by atoms with Gasteiger partial charge in [-0.3, -0.25) is 0 Å². The Labute approximate surface area is 169 Å². The fraction of sp³-hybridized carbons (Fsp3) is 0.611. The molecule has 0 fully saturated rings. The van der Waals surface area contributed by atoms with Crippen LogP contribution in [0.1, 0.15) is 33.3 Å². The van der Waals surface area contributed by atoms with Crippen molar-refractivity contribution < 1.29 is 31.4 Å². The van der Waals surface area contributed by atoms with Gasteiger partial charge in [-0.15, -0.1) is 0 Å². The van der Waals surface area contributed by atoms with Crippen molar-refractivity contribution >= 4 is 15.8 Å². The second kappa shape index (κ2) is 9.47. The van der Waals surface area contributed by atoms with Gasteiger partial charge in [-0.25, -0.2) is 13.4 Å². The third-order valence-corrected chi connectivity index (χ3v) is 6.73. The number of hydrogen-bond acceptors (Lipinski definition) is 6. The third kappa shape index (κ3) is 6.34. The summed E-state index contributed by atoms with van der Waals surface area (Å²) in [4.78, 5) is 4.34. The molecule has 0 spiro atoms. The highest BCUT2D eigenvalue weighted by Crippen LogP contribution is 2.39. The molecule has 1 heterocycles. The fourth-order valence-corrected chi connectivity index (χ4v) is 3.39. The maximum Gasteiger partial charge on any atom is 0.387 e. The van der Waals surface area contributed by atoms with Crippen LogP contribution >= 0.6 is 0 Å². The van der Waals surface area contributed by atoms with Crippen LogP contribution in [0.2, 0.25) is 0 Å². The molecule has 164 valence electrons. The van der Waals surface area contributed by atoms with E-state index in [0.717, 1.165) is 0 Å². The molecule has 29 heavy (non-hydrogen) atoms. The van der Waals surface area contributed by atoms with Gasteiger partial charge in [0.05, 0.1) is 17.0 Å². The molecule has 0 saturated heterocycles. The first-order chi connectivity index (χ1) is 13.5. The van der Waals surface area contributed by atoms with E-state index in [1.54, 1.807) is 20.8 Å². The molecule has 0 bridgehead atoms. The van der Waals surface area contributed by atoms with Gasteiger partial charge in [-0.2, -0.15) is 8.78 Å². The van der Waals surface area contributed by atoms with Gasteiger partial charge < -0.3 is 24.8 Å². The van der Waals surface area contributed by atoms with Gasteiger partial charge in [0.1, 0.15) is 5.75 Å². The topological polar surface area (TPSA) is 98.2 Å². The number of sulfone groups is 1. The van der Waals surface area contributed by atoms with Crippen molar-refractivity contribution in [1.29, 1.82) is 0 Å². The van der Waals surface area contributed by atoms with E-state index in [-0.39, 0.29) is 31.4 Å². The molecule has 11 heteroatoms. The number of guanidine groups is 1. The first-order valence-corrected chi connectivity index (χ1v) is 10.8. The minimum atomic E-state index is -3.28. The van der Waals surface area contributed by atoms with E-state index in [4.69, 9.17) is 9.47 Å². The molecule has 1 aliphatic rings. The van der Waals surface area contributed by atoms with Crippen molar-refractivity contribution in [2.24, 2.45) is 4.99 Å². The molecule has 0 aromatic heterocycles. The molecule has 0 atom stereocenters. The van der Waals surface area contributed by atoms with Gasteiger partial charge in [0, 0.05) is 24.7 Å². The number of nitrogens with one attached hydrogen (secondary N) is 2. The molecule has 1 aliphatic heterocycles. The third-order valence-electron chi connectivity index (χ3n) is 4.12. The number of nitrogens with zero attached hydrogens (tertiary/aromatic N) is 1. The molecule has 2 N–H and O–H groups in total. The summed E-state index contributed by atoms with van der Waals surface area (Å²) >= 11 is 0. The van der Waals surface area contributed by atoms with E-state index in [2.05, 4.69) is 20.4 Å². The first-order valence-electron chi connectivity index (χ1n) is 9.15. The predicted octanol–water partition coefficient (Wildman–Crippen LogP) is 2.29. The second-order valence-electron chi connectivity index (χ2n) is 7.24. The molecule has 0 aliphatic carbocycles. The van der Waals surface area contributed by atoms with E-state index in [9.17, 15) is 17.2 Å². The normalized spacial score (nSPS) is 14.2. The van der Waals surface area contributed by atoms with Crippen molar-refractivity contribution in [1.82, 2.24) is 10.6 Å². The molecule has 2 rings (SSSR count). The van der Waals surface area contributed by atoms with Crippen LogP contribution < -0.4 is 24.8 Å². The van der Waals surface area contributed by atoms with E-state index in [1.165, 1.54) is 12.1 Å². The van der Waals surface area contributed by atoms with Crippen LogP contribution in [0.4, 0.5) is 8.78 Å². The van der Waals surface area contributed by atoms with Crippen LogP contribution in [-0.4, -0.2) is 51.4 Å². The molecule has 0 unspecified atom stereocenters. The smallest absolute Gasteiger partial charge is 0.387 e. The van der Waals surface area contributed by atoms with Crippen LogP contribution in [0.3, 0.4) is 0 Å². The molecule has 1 aromatic rings. The van der Waals surface area contributed by atoms with Crippen LogP contribution in [0.15, 0.2) is 17.1 Å². The Morgan fingerprint density at radius 3 is 2.48 bits per heavy atom. The van der Waals surface area contributed by atoms with Crippen LogP contribution in [-0.2, 0) is 16.4 Å². The Kier molecular flexibility index (Phi) is 7.50. The number of ether oxygens (including phenoxy) is 3. The quantitative estimate of drug-likeness (QED) is 0.478. The fourth-order valence-electron chi connectivity index (χ4n) is 2.41. The largest absolute Gasteiger partial charge is 0.454 e. The van der Waals surface area contributed by atoms with Crippen LogP contribution in [0, 0.1) is 0 Å². The van der Waals surface area contributed by atoms with Gasteiger partial charge in [0.2, 0.25) is 6.79 Å². The lowest BCUT2D eigenvalue weighted by molar-refractivity contribution is -0.0505. The number of aliphatic imine (C=N–C) groups is 1. The highest BCUT2D eigenvalue weighted by atomic mass is 32.2. The van der Waals surface area contributed by atoms with Gasteiger partial charge in [-0.1, -0.05) is 0 Å². The standard InChI is InChI=1S/C18H27F2N3O5S/c1-5-21-17(22-6-7-29(24,25)18(2,3)4)23-10-12-8-14-15(27-11-26-14)9-13(12)28-16(19)20/h8-9,16H,5-7,10-11H2,1-4H3,(H2,21,22,23). The minimum Gasteiger partial charge on any atom is -0.454 e. The Hall–Kier alpha value is -2.30. The average Bonchev–Trinajstić information content (AvgIpc) is 3.05. The summed E-state index contributed by atoms with van der Waals surface area (Å²) in [5, 5.41) is 5.94. The Balaban J connectivity index is 2.11. The number of hydrogen-bond donors (Lipinski definition) is 2. The number of fused-ring (bicyclic) bond motifs is 1. The lowest BCUT2D eigenvalue weighted by Gasteiger charge is -2.20. The molecule has 1 aromatic carbocycles. The van der Waals surface area contributed by atoms with E-state index in [1.807, 2.05) is 6.92 Å². The van der Waals surface area contributed by atoms with Gasteiger partial charge in [0.15, 0.2) is 27.3 Å². The molecular formula is C18H27F2N3O5S. The average molecular weight is 435 g/mol. The molecule has 0 radical (unpaired) electrons. The lowest BCUT2D eigenvalue weighted by atomic mass is 10.1. The maximum atomic E-state index is 12.7. The van der Waals surface area contributed by atoms with Gasteiger partial charge in [-0.05, 0) is 33.8 Å². The van der Waals surface area contributed by atoms with Gasteiger partial charge in [0.25, 0.3) is 0 Å². The highest BCUT2D eigenvalue weighted by molar-refractivity contribution is 7.92. The molecule has 0 saturated carbocycles. The van der Waals surface area contributed by atoms with E-state index >= 15 is 0 Å². The van der Waals surface area contributed by atoms with Crippen molar-refractivity contribution in [3.05, 3.63) is 17.7 Å². The van der Waals surface area contributed by atoms with E-state index < -0.39 is 21.2 Å². The van der Waals surface area contributed by atoms with Crippen molar-refractivity contribution in [3.8, 4) is 17.2 Å². The van der Waals surface area contributed by atoms with Gasteiger partial charge >= 0.3 is 6.61 Å². The number of alkyl halides is 2. The number of rotatable bonds is 8. The molecule has 8 nitrogen and oxygen atoms in total. The maximum absolute atomic E-state index is 12.7. The predicted molar refractivity (Wildman–Crippen MR) is 106 cm³/mol. The zero-order valence-electron chi connectivity index (χ0n) is 16.9. The van der Waals surface area contributed by atoms with Crippen molar-refractivity contribution in [3.63, 3.8) is 0 Å². The zero-order chi connectivity index (χ0) is 21.7. The molecule has 0 amide bonds. The minimum absolute atomic E-state index is 0.00260. The van der Waals surface area contributed by atoms with Crippen LogP contribution in [0.5, 0.6) is 17.2 Å². The summed E-state index contributed by atoms with van der Waals surface area (Å²) in [6, 6.07) is 2.88. The van der Waals surface area contributed by atoms with E-state index in [0.29, 0.717) is 29.6 Å². The molecular weight excluding hydrogens is 408 g/mol. The highest BCUT2D eigenvalue weighted by Gasteiger charge is 2.28. The first kappa shape index (κ1) is 23.0. The SMILES string of the molecule is CCNC(=NCc1cc2c(cc1OC(F)F)OCO2)NCCS(=O)(=O)C(C)(C)C. The summed E-state index contributed by atoms with van der Waals surface area (Å²) < 4.78 is 64.1. The summed E-state index contributed by atoms with van der Waals surface area (Å²) in [7, 11) is -3.28. The summed E-state index contributed by atoms with van der Waals surface area (Å²) in [5.41, 5.74) is 0.383. The Bertz CT molecular complexity index is 839. The number of benzene rings is 1. The van der Waals surface area contributed by atoms with Crippen molar-refractivity contribution in [2.75, 3.05) is 25.6 Å². The monoisotopic (exact) mass is 435 g/mol. The van der Waals surface area contributed by atoms with Crippen molar-refractivity contribution in [2.45, 2.75) is 45.6 Å². The Morgan fingerprint density at radius 1 is 1.24 bits per heavy atom. The lowest BCUT2D eigenvalue weighted by Crippen LogP contribution is -2.41. The number of halogens is 2. The summed E-state index contributed by atoms with van der Waals surface area (Å²) in [5.74, 6) is 0.985. The second-order valence-corrected chi connectivity index (χ2v) is 10.1.